The first kappa shape index (κ1) is 16.0. The number of hydrogen-bond acceptors (Lipinski definition) is 6. The minimum atomic E-state index is 0.431. The molecule has 0 aliphatic rings. The summed E-state index contributed by atoms with van der Waals surface area (Å²) < 4.78 is 5.58. The molecular weight excluding hydrogens is 332 g/mol. The number of aromatic nitrogens is 3. The fourth-order valence-corrected chi connectivity index (χ4v) is 3.01. The van der Waals surface area contributed by atoms with Crippen LogP contribution in [0.15, 0.2) is 30.0 Å². The molecule has 120 valence electrons. The summed E-state index contributed by atoms with van der Waals surface area (Å²) >= 11 is 7.83. The molecule has 0 radical (unpaired) electrons. The van der Waals surface area contributed by atoms with Gasteiger partial charge in [-0.05, 0) is 29.0 Å². The summed E-state index contributed by atoms with van der Waals surface area (Å²) in [6.07, 6.45) is 3.33. The van der Waals surface area contributed by atoms with Crippen LogP contribution in [0.3, 0.4) is 0 Å². The van der Waals surface area contributed by atoms with Crippen molar-refractivity contribution < 1.29 is 4.74 Å². The number of pyridine rings is 1. The van der Waals surface area contributed by atoms with Crippen molar-refractivity contribution in [3.8, 4) is 5.88 Å². The lowest BCUT2D eigenvalue weighted by atomic mass is 10.2. The van der Waals surface area contributed by atoms with Gasteiger partial charge in [-0.15, -0.1) is 11.3 Å². The predicted octanol–water partition coefficient (Wildman–Crippen LogP) is 4.39. The maximum absolute atomic E-state index is 6.23. The van der Waals surface area contributed by atoms with Crippen molar-refractivity contribution in [2.24, 2.45) is 5.92 Å². The SMILES string of the molecule is CC(C)COc1ncc(CNc2ncnc3sccc23)cc1Cl. The molecule has 3 aromatic rings. The van der Waals surface area contributed by atoms with Crippen molar-refractivity contribution in [3.05, 3.63) is 40.6 Å². The molecule has 0 aliphatic carbocycles. The highest BCUT2D eigenvalue weighted by atomic mass is 35.5. The van der Waals surface area contributed by atoms with E-state index < -0.39 is 0 Å². The van der Waals surface area contributed by atoms with Crippen LogP contribution in [0.25, 0.3) is 10.2 Å². The zero-order valence-electron chi connectivity index (χ0n) is 12.9. The van der Waals surface area contributed by atoms with Crippen molar-refractivity contribution in [2.45, 2.75) is 20.4 Å². The number of fused-ring (bicyclic) bond motifs is 1. The van der Waals surface area contributed by atoms with E-state index in [2.05, 4.69) is 34.1 Å². The lowest BCUT2D eigenvalue weighted by molar-refractivity contribution is 0.261. The van der Waals surface area contributed by atoms with E-state index in [0.717, 1.165) is 21.6 Å². The van der Waals surface area contributed by atoms with Gasteiger partial charge in [0.25, 0.3) is 0 Å². The number of rotatable bonds is 6. The Morgan fingerprint density at radius 3 is 2.96 bits per heavy atom. The Bertz CT molecular complexity index is 806. The van der Waals surface area contributed by atoms with Crippen LogP contribution in [0, 0.1) is 5.92 Å². The van der Waals surface area contributed by atoms with Gasteiger partial charge in [-0.2, -0.15) is 0 Å². The van der Waals surface area contributed by atoms with E-state index in [4.69, 9.17) is 16.3 Å². The van der Waals surface area contributed by atoms with Crippen molar-refractivity contribution in [3.63, 3.8) is 0 Å². The minimum Gasteiger partial charge on any atom is -0.476 e. The maximum atomic E-state index is 6.23. The van der Waals surface area contributed by atoms with Crippen molar-refractivity contribution in [2.75, 3.05) is 11.9 Å². The van der Waals surface area contributed by atoms with E-state index >= 15 is 0 Å². The maximum Gasteiger partial charge on any atom is 0.232 e. The fourth-order valence-electron chi connectivity index (χ4n) is 2.03. The van der Waals surface area contributed by atoms with Crippen LogP contribution >= 0.6 is 22.9 Å². The van der Waals surface area contributed by atoms with Crippen LogP contribution in [0.1, 0.15) is 19.4 Å². The van der Waals surface area contributed by atoms with Crippen molar-refractivity contribution in [1.82, 2.24) is 15.0 Å². The predicted molar refractivity (Wildman–Crippen MR) is 94.3 cm³/mol. The number of nitrogens with zero attached hydrogens (tertiary/aromatic N) is 3. The Morgan fingerprint density at radius 1 is 1.30 bits per heavy atom. The molecule has 0 unspecified atom stereocenters. The van der Waals surface area contributed by atoms with E-state index in [-0.39, 0.29) is 0 Å². The normalized spacial score (nSPS) is 11.1. The van der Waals surface area contributed by atoms with E-state index in [0.29, 0.717) is 30.0 Å². The molecule has 0 amide bonds. The number of anilines is 1. The minimum absolute atomic E-state index is 0.431. The molecule has 23 heavy (non-hydrogen) atoms. The zero-order chi connectivity index (χ0) is 16.2. The topological polar surface area (TPSA) is 59.9 Å². The third kappa shape index (κ3) is 3.89. The summed E-state index contributed by atoms with van der Waals surface area (Å²) in [6, 6.07) is 3.87. The fraction of sp³-hybridized carbons (Fsp3) is 0.312. The van der Waals surface area contributed by atoms with Gasteiger partial charge in [0.15, 0.2) is 0 Å². The Balaban J connectivity index is 1.69. The molecule has 3 aromatic heterocycles. The summed E-state index contributed by atoms with van der Waals surface area (Å²) in [7, 11) is 0. The van der Waals surface area contributed by atoms with Gasteiger partial charge in [0, 0.05) is 12.7 Å². The van der Waals surface area contributed by atoms with Crippen LogP contribution in [0.4, 0.5) is 5.82 Å². The molecule has 0 saturated heterocycles. The van der Waals surface area contributed by atoms with Gasteiger partial charge in [-0.25, -0.2) is 15.0 Å². The molecule has 0 spiro atoms. The second-order valence-electron chi connectivity index (χ2n) is 5.55. The molecule has 0 aromatic carbocycles. The second-order valence-corrected chi connectivity index (χ2v) is 6.85. The van der Waals surface area contributed by atoms with Gasteiger partial charge >= 0.3 is 0 Å². The van der Waals surface area contributed by atoms with E-state index in [1.54, 1.807) is 23.9 Å². The number of hydrogen-bond donors (Lipinski definition) is 1. The van der Waals surface area contributed by atoms with Crippen molar-refractivity contribution in [1.29, 1.82) is 0 Å². The number of thiophene rings is 1. The van der Waals surface area contributed by atoms with Gasteiger partial charge in [0.1, 0.15) is 22.0 Å². The Labute approximate surface area is 143 Å². The zero-order valence-corrected chi connectivity index (χ0v) is 14.5. The van der Waals surface area contributed by atoms with Crippen LogP contribution in [0.5, 0.6) is 5.88 Å². The second kappa shape index (κ2) is 7.10. The third-order valence-electron chi connectivity index (χ3n) is 3.14. The number of ether oxygens (including phenoxy) is 1. The summed E-state index contributed by atoms with van der Waals surface area (Å²) in [5.41, 5.74) is 0.967. The number of nitrogens with one attached hydrogen (secondary N) is 1. The highest BCUT2D eigenvalue weighted by molar-refractivity contribution is 7.16. The monoisotopic (exact) mass is 348 g/mol. The summed E-state index contributed by atoms with van der Waals surface area (Å²) in [5, 5.41) is 6.85. The average Bonchev–Trinajstić information content (AvgIpc) is 3.01. The van der Waals surface area contributed by atoms with E-state index in [1.165, 1.54) is 0 Å². The first-order valence-electron chi connectivity index (χ1n) is 7.33. The smallest absolute Gasteiger partial charge is 0.232 e. The summed E-state index contributed by atoms with van der Waals surface area (Å²) in [4.78, 5) is 13.8. The standard InChI is InChI=1S/C16H17ClN4OS/c1-10(2)8-22-15-13(17)5-11(7-19-15)6-18-14-12-3-4-23-16(12)21-9-20-14/h3-5,7,9-10H,6,8H2,1-2H3,(H,18,20,21). The first-order valence-corrected chi connectivity index (χ1v) is 8.58. The van der Waals surface area contributed by atoms with Gasteiger partial charge in [0.2, 0.25) is 5.88 Å². The Kier molecular flexibility index (Phi) is 4.93. The van der Waals surface area contributed by atoms with Gasteiger partial charge < -0.3 is 10.1 Å². The van der Waals surface area contributed by atoms with E-state index in [1.807, 2.05) is 17.5 Å². The number of halogens is 1. The molecular formula is C16H17ClN4OS. The van der Waals surface area contributed by atoms with Crippen LogP contribution in [0.2, 0.25) is 5.02 Å². The molecule has 3 rings (SSSR count). The molecule has 0 aliphatic heterocycles. The highest BCUT2D eigenvalue weighted by Crippen LogP contribution is 2.26. The molecule has 0 atom stereocenters. The quantitative estimate of drug-likeness (QED) is 0.716. The molecule has 5 nitrogen and oxygen atoms in total. The van der Waals surface area contributed by atoms with Crippen LogP contribution < -0.4 is 10.1 Å². The van der Waals surface area contributed by atoms with Crippen LogP contribution in [-0.4, -0.2) is 21.6 Å². The molecule has 7 heteroatoms. The summed E-state index contributed by atoms with van der Waals surface area (Å²) in [5.74, 6) is 1.72. The Morgan fingerprint density at radius 2 is 2.17 bits per heavy atom. The summed E-state index contributed by atoms with van der Waals surface area (Å²) in [6.45, 7) is 5.35. The average molecular weight is 349 g/mol. The largest absolute Gasteiger partial charge is 0.476 e. The lowest BCUT2D eigenvalue weighted by Gasteiger charge is -2.11. The van der Waals surface area contributed by atoms with Gasteiger partial charge in [-0.3, -0.25) is 0 Å². The van der Waals surface area contributed by atoms with Gasteiger partial charge in [-0.1, -0.05) is 25.4 Å². The first-order chi connectivity index (χ1) is 11.1. The molecule has 0 bridgehead atoms. The highest BCUT2D eigenvalue weighted by Gasteiger charge is 2.08. The molecule has 1 N–H and O–H groups in total. The van der Waals surface area contributed by atoms with Crippen molar-refractivity contribution >= 4 is 39.0 Å². The molecule has 0 fully saturated rings. The Hall–Kier alpha value is -1.92. The van der Waals surface area contributed by atoms with E-state index in [9.17, 15) is 0 Å². The lowest BCUT2D eigenvalue weighted by Crippen LogP contribution is -2.07. The molecule has 0 saturated carbocycles. The van der Waals surface area contributed by atoms with Crippen LogP contribution in [-0.2, 0) is 6.54 Å². The third-order valence-corrected chi connectivity index (χ3v) is 4.23. The van der Waals surface area contributed by atoms with Gasteiger partial charge in [0.05, 0.1) is 12.0 Å². The molecule has 3 heterocycles.